The predicted molar refractivity (Wildman–Crippen MR) is 118 cm³/mol. The first-order valence-corrected chi connectivity index (χ1v) is 13.4. The maximum absolute atomic E-state index is 13.4. The van der Waals surface area contributed by atoms with Crippen LogP contribution in [0.5, 0.6) is 0 Å². The van der Waals surface area contributed by atoms with E-state index in [2.05, 4.69) is 0 Å². The highest BCUT2D eigenvalue weighted by atomic mass is 19.3. The Hall–Kier alpha value is -0.750. The first-order chi connectivity index (χ1) is 15.6. The zero-order valence-corrected chi connectivity index (χ0v) is 20.2. The Morgan fingerprint density at radius 3 is 1.70 bits per heavy atom. The van der Waals surface area contributed by atoms with Crippen molar-refractivity contribution in [2.24, 2.45) is 46.3 Å². The number of esters is 1. The van der Waals surface area contributed by atoms with Gasteiger partial charge >= 0.3 is 11.9 Å². The summed E-state index contributed by atoms with van der Waals surface area (Å²) in [6, 6.07) is 0. The molecule has 0 heterocycles. The fraction of sp³-hybridized carbons (Fsp3) is 0.963. The van der Waals surface area contributed by atoms with Crippen LogP contribution in [0.1, 0.15) is 84.5 Å². The average Bonchev–Trinajstić information content (AvgIpc) is 2.71. The molecule has 0 N–H and O–H groups in total. The minimum absolute atomic E-state index is 0.0897. The largest absolute Gasteiger partial charge is 0.457 e. The van der Waals surface area contributed by atoms with Crippen LogP contribution in [0.15, 0.2) is 0 Å². The summed E-state index contributed by atoms with van der Waals surface area (Å²) in [6.07, 6.45) is 12.8. The molecule has 8 saturated carbocycles. The van der Waals surface area contributed by atoms with E-state index in [0.717, 1.165) is 56.5 Å². The summed E-state index contributed by atoms with van der Waals surface area (Å²) in [5.41, 5.74) is 0.484. The van der Waals surface area contributed by atoms with E-state index in [9.17, 15) is 13.6 Å². The van der Waals surface area contributed by atoms with Gasteiger partial charge < -0.3 is 14.2 Å². The van der Waals surface area contributed by atoms with Crippen LogP contribution in [0.4, 0.5) is 8.78 Å². The third kappa shape index (κ3) is 4.26. The van der Waals surface area contributed by atoms with Crippen LogP contribution in [0, 0.1) is 46.3 Å². The first kappa shape index (κ1) is 22.7. The Morgan fingerprint density at radius 1 is 0.818 bits per heavy atom. The highest BCUT2D eigenvalue weighted by Crippen LogP contribution is 2.62. The fourth-order valence-electron chi connectivity index (χ4n) is 9.85. The lowest BCUT2D eigenvalue weighted by molar-refractivity contribution is -0.223. The Kier molecular flexibility index (Phi) is 5.42. The van der Waals surface area contributed by atoms with Gasteiger partial charge in [0.2, 0.25) is 0 Å². The van der Waals surface area contributed by atoms with Crippen molar-refractivity contribution >= 4 is 5.97 Å². The summed E-state index contributed by atoms with van der Waals surface area (Å²) in [6.45, 7) is 4.17. The van der Waals surface area contributed by atoms with Crippen LogP contribution in [0.3, 0.4) is 0 Å². The Balaban J connectivity index is 1.02. The molecule has 8 aliphatic carbocycles. The molecule has 0 radical (unpaired) electrons. The van der Waals surface area contributed by atoms with Crippen LogP contribution in [0.2, 0.25) is 0 Å². The monoisotopic (exact) mass is 466 g/mol. The molecular weight excluding hydrogens is 426 g/mol. The average molecular weight is 467 g/mol. The van der Waals surface area contributed by atoms with Gasteiger partial charge in [-0.25, -0.2) is 4.79 Å². The molecule has 6 heteroatoms. The summed E-state index contributed by atoms with van der Waals surface area (Å²) < 4.78 is 44.8. The van der Waals surface area contributed by atoms with E-state index in [1.807, 2.05) is 6.92 Å². The van der Waals surface area contributed by atoms with Gasteiger partial charge in [-0.2, -0.15) is 8.78 Å². The summed E-state index contributed by atoms with van der Waals surface area (Å²) in [5, 5.41) is 0. The normalized spacial score (nSPS) is 48.3. The van der Waals surface area contributed by atoms with Crippen molar-refractivity contribution in [1.82, 2.24) is 0 Å². The molecule has 8 rings (SSSR count). The number of alkyl halides is 2. The van der Waals surface area contributed by atoms with Crippen LogP contribution >= 0.6 is 0 Å². The van der Waals surface area contributed by atoms with Crippen molar-refractivity contribution in [1.29, 1.82) is 0 Å². The number of hydrogen-bond donors (Lipinski definition) is 0. The Bertz CT molecular complexity index is 725. The molecule has 8 bridgehead atoms. The van der Waals surface area contributed by atoms with Crippen LogP contribution in [0.25, 0.3) is 0 Å². The number of carbonyl (C=O) groups excluding carboxylic acids is 1. The maximum Gasteiger partial charge on any atom is 0.376 e. The van der Waals surface area contributed by atoms with Gasteiger partial charge in [0.1, 0.15) is 6.10 Å². The summed E-state index contributed by atoms with van der Waals surface area (Å²) in [5.74, 6) is -1.01. The second-order valence-corrected chi connectivity index (χ2v) is 13.3. The molecule has 0 aromatic heterocycles. The Morgan fingerprint density at radius 2 is 1.24 bits per heavy atom. The molecule has 186 valence electrons. The van der Waals surface area contributed by atoms with Gasteiger partial charge in [0, 0.05) is 6.92 Å². The van der Waals surface area contributed by atoms with Gasteiger partial charge in [0.15, 0.2) is 6.29 Å². The van der Waals surface area contributed by atoms with Crippen LogP contribution < -0.4 is 0 Å². The minimum atomic E-state index is -3.42. The molecule has 4 nitrogen and oxygen atoms in total. The number of halogens is 2. The molecule has 0 amide bonds. The first-order valence-electron chi connectivity index (χ1n) is 13.4. The number of hydrogen-bond acceptors (Lipinski definition) is 4. The third-order valence-corrected chi connectivity index (χ3v) is 10.3. The molecule has 33 heavy (non-hydrogen) atoms. The lowest BCUT2D eigenvalue weighted by Gasteiger charge is -2.59. The summed E-state index contributed by atoms with van der Waals surface area (Å²) >= 11 is 0. The van der Waals surface area contributed by atoms with Gasteiger partial charge in [0.05, 0.1) is 13.2 Å². The van der Waals surface area contributed by atoms with E-state index in [1.54, 1.807) is 0 Å². The van der Waals surface area contributed by atoms with E-state index >= 15 is 0 Å². The predicted octanol–water partition coefficient (Wildman–Crippen LogP) is 5.98. The van der Waals surface area contributed by atoms with Gasteiger partial charge in [-0.3, -0.25) is 0 Å². The third-order valence-electron chi connectivity index (χ3n) is 10.3. The smallest absolute Gasteiger partial charge is 0.376 e. The van der Waals surface area contributed by atoms with Crippen LogP contribution in [-0.2, 0) is 19.0 Å². The maximum atomic E-state index is 13.4. The van der Waals surface area contributed by atoms with Crippen molar-refractivity contribution in [3.05, 3.63) is 0 Å². The highest BCUT2D eigenvalue weighted by molar-refractivity contribution is 5.77. The van der Waals surface area contributed by atoms with Crippen molar-refractivity contribution in [3.63, 3.8) is 0 Å². The molecule has 3 unspecified atom stereocenters. The molecule has 0 aliphatic heterocycles. The molecule has 3 atom stereocenters. The van der Waals surface area contributed by atoms with Crippen molar-refractivity contribution in [2.45, 2.75) is 103 Å². The fourth-order valence-corrected chi connectivity index (χ4v) is 9.85. The molecule has 8 aliphatic rings. The SMILES string of the molecule is CC(OCC12CC3CC(CC(C3)C1)C2)OCC12CC3CC(C1)C(OC(=O)C(C)(F)F)C(C3)C2. The minimum Gasteiger partial charge on any atom is -0.457 e. The lowest BCUT2D eigenvalue weighted by atomic mass is 9.49. The zero-order chi connectivity index (χ0) is 23.0. The second-order valence-electron chi connectivity index (χ2n) is 13.3. The molecule has 8 fully saturated rings. The molecule has 0 aromatic carbocycles. The summed E-state index contributed by atoms with van der Waals surface area (Å²) in [4.78, 5) is 11.8. The van der Waals surface area contributed by atoms with Crippen molar-refractivity contribution in [2.75, 3.05) is 13.2 Å². The quantitative estimate of drug-likeness (QED) is 0.326. The highest BCUT2D eigenvalue weighted by Gasteiger charge is 2.57. The van der Waals surface area contributed by atoms with Crippen LogP contribution in [-0.4, -0.2) is 37.5 Å². The van der Waals surface area contributed by atoms with Gasteiger partial charge in [-0.15, -0.1) is 0 Å². The van der Waals surface area contributed by atoms with Gasteiger partial charge in [-0.05, 0) is 124 Å². The van der Waals surface area contributed by atoms with E-state index in [1.165, 1.54) is 38.5 Å². The van der Waals surface area contributed by atoms with E-state index in [-0.39, 0.29) is 29.6 Å². The van der Waals surface area contributed by atoms with E-state index in [0.29, 0.717) is 24.9 Å². The molecule has 0 spiro atoms. The standard InChI is InChI=1S/C27H40F2O4/c1-16(31-14-26-8-17-3-18(9-26)5-19(4-17)10-26)32-15-27-11-20-6-21(12-27)23(22(7-20)13-27)33-24(30)25(2,28)29/h16-23H,3-15H2,1-2H3. The van der Waals surface area contributed by atoms with Gasteiger partial charge in [0.25, 0.3) is 0 Å². The zero-order valence-electron chi connectivity index (χ0n) is 20.2. The second kappa shape index (κ2) is 7.88. The molecule has 0 saturated heterocycles. The summed E-state index contributed by atoms with van der Waals surface area (Å²) in [7, 11) is 0. The Labute approximate surface area is 196 Å². The lowest BCUT2D eigenvalue weighted by Crippen LogP contribution is -2.57. The number of rotatable bonds is 8. The number of ether oxygens (including phenoxy) is 3. The van der Waals surface area contributed by atoms with Crippen molar-refractivity contribution < 1.29 is 27.8 Å². The van der Waals surface area contributed by atoms with E-state index in [4.69, 9.17) is 14.2 Å². The topological polar surface area (TPSA) is 44.8 Å². The van der Waals surface area contributed by atoms with Crippen molar-refractivity contribution in [3.8, 4) is 0 Å². The molecule has 0 aromatic rings. The van der Waals surface area contributed by atoms with E-state index < -0.39 is 11.9 Å². The number of carbonyl (C=O) groups is 1. The molecular formula is C27H40F2O4. The van der Waals surface area contributed by atoms with Gasteiger partial charge in [-0.1, -0.05) is 0 Å².